The van der Waals surface area contributed by atoms with Gasteiger partial charge in [0.05, 0.1) is 0 Å². The number of hydrogen-bond acceptors (Lipinski definition) is 8. The highest BCUT2D eigenvalue weighted by Gasteiger charge is 1.93. The van der Waals surface area contributed by atoms with Crippen LogP contribution in [0.5, 0.6) is 0 Å². The van der Waals surface area contributed by atoms with E-state index in [4.69, 9.17) is 32.2 Å². The van der Waals surface area contributed by atoms with Gasteiger partial charge in [-0.1, -0.05) is 0 Å². The van der Waals surface area contributed by atoms with Crippen molar-refractivity contribution in [3.8, 4) is 0 Å². The molecule has 1 heterocycles. The Morgan fingerprint density at radius 1 is 0.929 bits per heavy atom. The van der Waals surface area contributed by atoms with Gasteiger partial charge in [0, 0.05) is 0 Å². The lowest BCUT2D eigenvalue weighted by atomic mass is 10.9. The van der Waals surface area contributed by atoms with Gasteiger partial charge >= 0.3 is 6.16 Å². The first kappa shape index (κ1) is 14.2. The van der Waals surface area contributed by atoms with Crippen molar-refractivity contribution in [3.05, 3.63) is 0 Å². The van der Waals surface area contributed by atoms with Crippen molar-refractivity contribution in [1.82, 2.24) is 21.1 Å². The Morgan fingerprint density at radius 2 is 1.07 bits per heavy atom. The molecule has 1 aromatic rings. The summed E-state index contributed by atoms with van der Waals surface area (Å²) in [5.74, 6) is 0.125. The van der Waals surface area contributed by atoms with E-state index >= 15 is 0 Å². The zero-order valence-electron chi connectivity index (χ0n) is 7.08. The third-order valence-corrected chi connectivity index (χ3v) is 0.687. The first-order valence-electron chi connectivity index (χ1n) is 2.86. The van der Waals surface area contributed by atoms with E-state index in [-0.39, 0.29) is 24.0 Å². The Labute approximate surface area is 78.4 Å². The first-order chi connectivity index (χ1) is 5.91. The number of aromatic nitrogens is 3. The molecule has 10 nitrogen and oxygen atoms in total. The summed E-state index contributed by atoms with van der Waals surface area (Å²) in [5.41, 5.74) is 15.4. The lowest BCUT2D eigenvalue weighted by Crippen LogP contribution is -2.05. The van der Waals surface area contributed by atoms with Crippen LogP contribution in [-0.4, -0.2) is 31.3 Å². The molecule has 0 radical (unpaired) electrons. The molecule has 14 heavy (non-hydrogen) atoms. The van der Waals surface area contributed by atoms with E-state index in [1.165, 1.54) is 0 Å². The largest absolute Gasteiger partial charge is 0.503 e. The molecule has 0 aliphatic heterocycles. The van der Waals surface area contributed by atoms with Crippen LogP contribution in [0.3, 0.4) is 0 Å². The zero-order chi connectivity index (χ0) is 10.4. The minimum atomic E-state index is -1.83. The smallest absolute Gasteiger partial charge is 0.450 e. The molecule has 1 rings (SSSR count). The summed E-state index contributed by atoms with van der Waals surface area (Å²) in [6.07, 6.45) is -1.83. The topological polar surface area (TPSA) is 209 Å². The highest BCUT2D eigenvalue weighted by Crippen LogP contribution is 1.97. The number of nitrogens with zero attached hydrogens (tertiary/aromatic N) is 3. The average molecular weight is 205 g/mol. The number of carboxylic acid groups (broad SMARTS) is 2. The lowest BCUT2D eigenvalue weighted by molar-refractivity contribution is 0.137. The molecule has 0 saturated carbocycles. The van der Waals surface area contributed by atoms with E-state index in [9.17, 15) is 0 Å². The summed E-state index contributed by atoms with van der Waals surface area (Å²) in [7, 11) is 0. The van der Waals surface area contributed by atoms with E-state index in [1.54, 1.807) is 0 Å². The van der Waals surface area contributed by atoms with Crippen molar-refractivity contribution in [2.75, 3.05) is 17.2 Å². The fourth-order valence-corrected chi connectivity index (χ4v) is 0.427. The van der Waals surface area contributed by atoms with Gasteiger partial charge in [0.2, 0.25) is 17.8 Å². The third-order valence-electron chi connectivity index (χ3n) is 0.687. The molecule has 0 amide bonds. The molecule has 0 atom stereocenters. The summed E-state index contributed by atoms with van der Waals surface area (Å²) in [4.78, 5) is 19.0. The van der Waals surface area contributed by atoms with Crippen LogP contribution in [0, 0.1) is 0 Å². The van der Waals surface area contributed by atoms with Crippen molar-refractivity contribution in [2.45, 2.75) is 0 Å². The number of anilines is 3. The minimum absolute atomic E-state index is 0. The standard InChI is InChI=1S/C3H6N6.CH2O3.H3N/c4-1-7-2(5)9-3(6)8-1;2-1(3)4;/h(H6,4,5,6,7,8,9);(H2,2,3,4);1H3. The molecule has 1 aromatic heterocycles. The molecule has 80 valence electrons. The van der Waals surface area contributed by atoms with E-state index in [1.807, 2.05) is 0 Å². The molecule has 0 unspecified atom stereocenters. The van der Waals surface area contributed by atoms with Gasteiger partial charge in [0.25, 0.3) is 0 Å². The van der Waals surface area contributed by atoms with E-state index in [0.717, 1.165) is 0 Å². The van der Waals surface area contributed by atoms with Gasteiger partial charge in [0.15, 0.2) is 0 Å². The van der Waals surface area contributed by atoms with Crippen molar-refractivity contribution >= 4 is 24.0 Å². The summed E-state index contributed by atoms with van der Waals surface area (Å²) < 4.78 is 0. The molecule has 11 N–H and O–H groups in total. The summed E-state index contributed by atoms with van der Waals surface area (Å²) >= 11 is 0. The number of carbonyl (C=O) groups is 1. The van der Waals surface area contributed by atoms with Crippen molar-refractivity contribution in [3.63, 3.8) is 0 Å². The number of nitrogens with two attached hydrogens (primary N) is 3. The van der Waals surface area contributed by atoms with Crippen LogP contribution in [0.2, 0.25) is 0 Å². The minimum Gasteiger partial charge on any atom is -0.450 e. The third kappa shape index (κ3) is 7.74. The molecule has 10 heteroatoms. The second-order valence-electron chi connectivity index (χ2n) is 1.69. The predicted molar refractivity (Wildman–Crippen MR) is 48.7 cm³/mol. The monoisotopic (exact) mass is 205 g/mol. The van der Waals surface area contributed by atoms with Gasteiger partial charge in [-0.3, -0.25) is 0 Å². The van der Waals surface area contributed by atoms with Crippen molar-refractivity contribution in [1.29, 1.82) is 0 Å². The van der Waals surface area contributed by atoms with Crippen LogP contribution in [-0.2, 0) is 0 Å². The Kier molecular flexibility index (Phi) is 6.27. The maximum absolute atomic E-state index is 8.56. The molecule has 0 bridgehead atoms. The van der Waals surface area contributed by atoms with Crippen LogP contribution >= 0.6 is 0 Å². The van der Waals surface area contributed by atoms with Crippen LogP contribution in [0.1, 0.15) is 0 Å². The van der Waals surface area contributed by atoms with Gasteiger partial charge in [-0.25, -0.2) is 4.79 Å². The van der Waals surface area contributed by atoms with E-state index in [0.29, 0.717) is 0 Å². The Hall–Kier alpha value is -2.36. The van der Waals surface area contributed by atoms with Crippen LogP contribution < -0.4 is 23.4 Å². The van der Waals surface area contributed by atoms with Crippen LogP contribution in [0.25, 0.3) is 0 Å². The molecule has 0 aliphatic rings. The molecular weight excluding hydrogens is 194 g/mol. The lowest BCUT2D eigenvalue weighted by Gasteiger charge is -1.93. The summed E-state index contributed by atoms with van der Waals surface area (Å²) in [6, 6.07) is 0. The predicted octanol–water partition coefficient (Wildman–Crippen LogP) is -0.997. The quantitative estimate of drug-likeness (QED) is 0.304. The van der Waals surface area contributed by atoms with Gasteiger partial charge in [0.1, 0.15) is 0 Å². The van der Waals surface area contributed by atoms with Crippen molar-refractivity contribution < 1.29 is 15.0 Å². The number of nitrogen functional groups attached to an aromatic ring is 3. The molecule has 0 aliphatic carbocycles. The molecule has 0 fully saturated rings. The second-order valence-corrected chi connectivity index (χ2v) is 1.69. The number of hydrogen-bond donors (Lipinski definition) is 6. The van der Waals surface area contributed by atoms with E-state index in [2.05, 4.69) is 15.0 Å². The SMILES string of the molecule is N.Nc1nc(N)nc(N)n1.O=C(O)O. The molecule has 0 aromatic carbocycles. The molecule has 0 saturated heterocycles. The number of rotatable bonds is 0. The molecule has 0 spiro atoms. The Balaban J connectivity index is 0. The maximum atomic E-state index is 8.56. The van der Waals surface area contributed by atoms with Crippen LogP contribution in [0.4, 0.5) is 22.6 Å². The van der Waals surface area contributed by atoms with Gasteiger partial charge < -0.3 is 33.6 Å². The van der Waals surface area contributed by atoms with E-state index < -0.39 is 6.16 Å². The highest BCUT2D eigenvalue weighted by atomic mass is 16.6. The highest BCUT2D eigenvalue weighted by molar-refractivity contribution is 5.53. The average Bonchev–Trinajstić information content (AvgIpc) is 1.80. The summed E-state index contributed by atoms with van der Waals surface area (Å²) in [6.45, 7) is 0. The van der Waals surface area contributed by atoms with Crippen molar-refractivity contribution in [2.24, 2.45) is 0 Å². The van der Waals surface area contributed by atoms with Crippen LogP contribution in [0.15, 0.2) is 0 Å². The fraction of sp³-hybridized carbons (Fsp3) is 0. The summed E-state index contributed by atoms with van der Waals surface area (Å²) in [5, 5.41) is 13.9. The van der Waals surface area contributed by atoms with Gasteiger partial charge in [-0.05, 0) is 0 Å². The second kappa shape index (κ2) is 6.19. The fourth-order valence-electron chi connectivity index (χ4n) is 0.427. The Morgan fingerprint density at radius 3 is 1.21 bits per heavy atom. The first-order valence-corrected chi connectivity index (χ1v) is 2.86. The van der Waals surface area contributed by atoms with Gasteiger partial charge in [-0.15, -0.1) is 0 Å². The zero-order valence-corrected chi connectivity index (χ0v) is 7.08. The normalized spacial score (nSPS) is 7.71. The maximum Gasteiger partial charge on any atom is 0.503 e. The Bertz CT molecular complexity index is 249. The molecular formula is C4H11N7O3. The van der Waals surface area contributed by atoms with Gasteiger partial charge in [-0.2, -0.15) is 15.0 Å².